The highest BCUT2D eigenvalue weighted by atomic mass is 35.5. The van der Waals surface area contributed by atoms with Crippen LogP contribution >= 0.6 is 11.6 Å². The molecule has 7 nitrogen and oxygen atoms in total. The molecule has 1 saturated heterocycles. The molecule has 0 aromatic heterocycles. The molecule has 2 aliphatic heterocycles. The van der Waals surface area contributed by atoms with Crippen LogP contribution in [-0.4, -0.2) is 28.5 Å². The van der Waals surface area contributed by atoms with Crippen LogP contribution in [0.15, 0.2) is 29.8 Å². The molecule has 26 heavy (non-hydrogen) atoms. The van der Waals surface area contributed by atoms with Crippen molar-refractivity contribution in [1.29, 1.82) is 0 Å². The zero-order chi connectivity index (χ0) is 19.2. The van der Waals surface area contributed by atoms with Gasteiger partial charge in [0.25, 0.3) is 11.7 Å². The van der Waals surface area contributed by atoms with Crippen LogP contribution in [0.3, 0.4) is 0 Å². The first kappa shape index (κ1) is 18.1. The average molecular weight is 382 g/mol. The second-order valence-electron chi connectivity index (χ2n) is 5.94. The van der Waals surface area contributed by atoms with Crippen molar-refractivity contribution in [2.75, 3.05) is 0 Å². The molecule has 9 heteroatoms. The number of hydrogen-bond donors (Lipinski definition) is 0. The third-order valence-electron chi connectivity index (χ3n) is 4.08. The van der Waals surface area contributed by atoms with Gasteiger partial charge in [0.1, 0.15) is 5.82 Å². The third kappa shape index (κ3) is 2.76. The Hall–Kier alpha value is -2.74. The zero-order valence-corrected chi connectivity index (χ0v) is 14.6. The van der Waals surface area contributed by atoms with E-state index in [1.54, 1.807) is 0 Å². The molecule has 1 aromatic carbocycles. The van der Waals surface area contributed by atoms with Crippen molar-refractivity contribution >= 4 is 35.2 Å². The monoisotopic (exact) mass is 381 g/mol. The molecule has 0 N–H and O–H groups in total. The summed E-state index contributed by atoms with van der Waals surface area (Å²) in [5.74, 6) is -4.90. The summed E-state index contributed by atoms with van der Waals surface area (Å²) in [5.41, 5.74) is -2.11. The van der Waals surface area contributed by atoms with Crippen LogP contribution in [-0.2, 0) is 34.3 Å². The summed E-state index contributed by atoms with van der Waals surface area (Å²) >= 11 is 5.73. The van der Waals surface area contributed by atoms with Crippen molar-refractivity contribution < 1.29 is 33.0 Å². The lowest BCUT2D eigenvalue weighted by Crippen LogP contribution is -2.34. The number of rotatable bonds is 3. The maximum atomic E-state index is 14.4. The fourth-order valence-corrected chi connectivity index (χ4v) is 3.00. The number of imide groups is 1. The van der Waals surface area contributed by atoms with E-state index in [4.69, 9.17) is 21.1 Å². The number of nitrogens with zero attached hydrogens (tertiary/aromatic N) is 1. The van der Waals surface area contributed by atoms with Gasteiger partial charge in [-0.1, -0.05) is 17.7 Å². The topological polar surface area (TPSA) is 90.0 Å². The molecule has 1 unspecified atom stereocenters. The minimum Gasteiger partial charge on any atom is -0.456 e. The van der Waals surface area contributed by atoms with Gasteiger partial charge in [0.15, 0.2) is 0 Å². The van der Waals surface area contributed by atoms with Crippen LogP contribution in [0.2, 0.25) is 5.02 Å². The molecule has 1 atom stereocenters. The fourth-order valence-electron chi connectivity index (χ4n) is 2.84. The molecule has 3 rings (SSSR count). The van der Waals surface area contributed by atoms with Crippen LogP contribution in [0, 0.1) is 5.82 Å². The molecular formula is C17H13ClFNO6. The van der Waals surface area contributed by atoms with Gasteiger partial charge >= 0.3 is 5.97 Å². The molecular weight excluding hydrogens is 369 g/mol. The van der Waals surface area contributed by atoms with E-state index < -0.39 is 46.6 Å². The highest BCUT2D eigenvalue weighted by Crippen LogP contribution is 2.42. The number of amides is 2. The van der Waals surface area contributed by atoms with E-state index in [9.17, 15) is 23.6 Å². The SMILES string of the molecule is CC(=O)OC1=C(N2C(=O)CCC2=O)OC(C)(c2ccc(Cl)cc2F)C1=O. The number of ketones is 1. The number of esters is 1. The first-order chi connectivity index (χ1) is 12.1. The molecule has 2 amide bonds. The van der Waals surface area contributed by atoms with Crippen molar-refractivity contribution in [2.45, 2.75) is 32.3 Å². The number of ether oxygens (including phenoxy) is 2. The van der Waals surface area contributed by atoms with Crippen molar-refractivity contribution in [1.82, 2.24) is 4.90 Å². The van der Waals surface area contributed by atoms with E-state index in [1.165, 1.54) is 19.1 Å². The Balaban J connectivity index is 2.11. The Morgan fingerprint density at radius 3 is 2.42 bits per heavy atom. The summed E-state index contributed by atoms with van der Waals surface area (Å²) in [6.07, 6.45) is -0.140. The van der Waals surface area contributed by atoms with Crippen molar-refractivity contribution in [3.8, 4) is 0 Å². The van der Waals surface area contributed by atoms with Gasteiger partial charge in [-0.15, -0.1) is 0 Å². The summed E-state index contributed by atoms with van der Waals surface area (Å²) in [6, 6.07) is 3.60. The molecule has 136 valence electrons. The van der Waals surface area contributed by atoms with Gasteiger partial charge in [-0.3, -0.25) is 19.2 Å². The number of benzene rings is 1. The number of carbonyl (C=O) groups is 4. The molecule has 0 saturated carbocycles. The molecule has 1 aromatic rings. The molecule has 0 bridgehead atoms. The van der Waals surface area contributed by atoms with Gasteiger partial charge in [0.05, 0.1) is 0 Å². The highest BCUT2D eigenvalue weighted by Gasteiger charge is 2.54. The number of halogens is 2. The Bertz CT molecular complexity index is 879. The van der Waals surface area contributed by atoms with E-state index in [1.807, 2.05) is 0 Å². The standard InChI is InChI=1S/C17H13ClFNO6/c1-8(21)25-14-15(24)17(2,10-4-3-9(18)7-11(10)19)26-16(14)20-12(22)5-6-13(20)23/h3-4,7H,5-6H2,1-2H3. The predicted molar refractivity (Wildman–Crippen MR) is 84.7 cm³/mol. The van der Waals surface area contributed by atoms with E-state index in [0.717, 1.165) is 13.0 Å². The summed E-state index contributed by atoms with van der Waals surface area (Å²) < 4.78 is 24.8. The van der Waals surface area contributed by atoms with Crippen molar-refractivity contribution in [3.63, 3.8) is 0 Å². The molecule has 2 heterocycles. The zero-order valence-electron chi connectivity index (χ0n) is 13.8. The lowest BCUT2D eigenvalue weighted by molar-refractivity contribution is -0.144. The van der Waals surface area contributed by atoms with Crippen LogP contribution < -0.4 is 0 Å². The maximum Gasteiger partial charge on any atom is 0.308 e. The Kier molecular flexibility index (Phi) is 4.31. The molecule has 0 radical (unpaired) electrons. The van der Waals surface area contributed by atoms with Crippen molar-refractivity contribution in [2.24, 2.45) is 0 Å². The Labute approximate surface area is 152 Å². The lowest BCUT2D eigenvalue weighted by Gasteiger charge is -2.25. The largest absolute Gasteiger partial charge is 0.456 e. The minimum atomic E-state index is -1.93. The highest BCUT2D eigenvalue weighted by molar-refractivity contribution is 6.30. The van der Waals surface area contributed by atoms with E-state index in [2.05, 4.69) is 0 Å². The first-order valence-corrected chi connectivity index (χ1v) is 8.00. The van der Waals surface area contributed by atoms with Crippen molar-refractivity contribution in [3.05, 3.63) is 46.2 Å². The molecule has 1 fully saturated rings. The smallest absolute Gasteiger partial charge is 0.308 e. The lowest BCUT2D eigenvalue weighted by atomic mass is 9.91. The van der Waals surface area contributed by atoms with Gasteiger partial charge in [0.2, 0.25) is 23.2 Å². The van der Waals surface area contributed by atoms with Gasteiger partial charge in [0, 0.05) is 30.4 Å². The van der Waals surface area contributed by atoms with Crippen LogP contribution in [0.4, 0.5) is 4.39 Å². The van der Waals surface area contributed by atoms with Gasteiger partial charge in [-0.2, -0.15) is 0 Å². The van der Waals surface area contributed by atoms with Crippen LogP contribution in [0.5, 0.6) is 0 Å². The fraction of sp³-hybridized carbons (Fsp3) is 0.294. The van der Waals surface area contributed by atoms with Gasteiger partial charge < -0.3 is 9.47 Å². The molecule has 0 aliphatic carbocycles. The summed E-state index contributed by atoms with van der Waals surface area (Å²) in [7, 11) is 0. The second kappa shape index (κ2) is 6.21. The average Bonchev–Trinajstić information content (AvgIpc) is 2.99. The quantitative estimate of drug-likeness (QED) is 0.589. The maximum absolute atomic E-state index is 14.4. The van der Waals surface area contributed by atoms with E-state index in [-0.39, 0.29) is 23.4 Å². The Morgan fingerprint density at radius 1 is 1.27 bits per heavy atom. The van der Waals surface area contributed by atoms with Gasteiger partial charge in [-0.05, 0) is 19.1 Å². The number of likely N-dealkylation sites (tertiary alicyclic amines) is 1. The number of Topliss-reactive ketones (excluding diaryl/α,β-unsaturated/α-hetero) is 1. The Morgan fingerprint density at radius 2 is 1.88 bits per heavy atom. The summed E-state index contributed by atoms with van der Waals surface area (Å²) in [6.45, 7) is 2.30. The van der Waals surface area contributed by atoms with Gasteiger partial charge in [-0.25, -0.2) is 9.29 Å². The number of hydrogen-bond acceptors (Lipinski definition) is 6. The van der Waals surface area contributed by atoms with E-state index >= 15 is 0 Å². The summed E-state index contributed by atoms with van der Waals surface area (Å²) in [4.78, 5) is 48.9. The molecule has 2 aliphatic rings. The van der Waals surface area contributed by atoms with Crippen LogP contribution in [0.25, 0.3) is 0 Å². The minimum absolute atomic E-state index is 0.0702. The van der Waals surface area contributed by atoms with E-state index in [0.29, 0.717) is 4.90 Å². The van der Waals surface area contributed by atoms with Crippen LogP contribution in [0.1, 0.15) is 32.3 Å². The molecule has 0 spiro atoms. The predicted octanol–water partition coefficient (Wildman–Crippen LogP) is 2.17. The first-order valence-electron chi connectivity index (χ1n) is 7.63. The normalized spacial score (nSPS) is 22.9. The third-order valence-corrected chi connectivity index (χ3v) is 4.32. The summed E-state index contributed by atoms with van der Waals surface area (Å²) in [5, 5.41) is 0.110. The second-order valence-corrected chi connectivity index (χ2v) is 6.38. The number of carbonyl (C=O) groups excluding carboxylic acids is 4.